The van der Waals surface area contributed by atoms with Crippen LogP contribution in [0.3, 0.4) is 0 Å². The first-order chi connectivity index (χ1) is 15.9. The maximum absolute atomic E-state index is 13.6. The summed E-state index contributed by atoms with van der Waals surface area (Å²) < 4.78 is 0. The van der Waals surface area contributed by atoms with Crippen LogP contribution in [0.1, 0.15) is 41.8 Å². The first-order valence-corrected chi connectivity index (χ1v) is 11.4. The molecule has 0 fully saturated rings. The number of aryl methyl sites for hydroxylation is 1. The van der Waals surface area contributed by atoms with Gasteiger partial charge in [0.1, 0.15) is 12.6 Å². The molecule has 0 saturated carbocycles. The summed E-state index contributed by atoms with van der Waals surface area (Å²) in [6.07, 6.45) is 0.479. The molecule has 3 aromatic rings. The minimum Gasteiger partial charge on any atom is -0.355 e. The third kappa shape index (κ3) is 4.33. The lowest BCUT2D eigenvalue weighted by Gasteiger charge is -2.32. The van der Waals surface area contributed by atoms with Gasteiger partial charge in [-0.2, -0.15) is 0 Å². The number of nitrogens with one attached hydrogen (secondary N) is 1. The number of carbonyl (C=O) groups excluding carboxylic acids is 3. The van der Waals surface area contributed by atoms with Gasteiger partial charge in [0.25, 0.3) is 5.91 Å². The first kappa shape index (κ1) is 22.5. The Morgan fingerprint density at radius 3 is 2.36 bits per heavy atom. The molecular weight excluding hydrogens is 414 g/mol. The zero-order valence-electron chi connectivity index (χ0n) is 19.3. The summed E-state index contributed by atoms with van der Waals surface area (Å²) in [6.45, 7) is 6.43. The monoisotopic (exact) mass is 443 g/mol. The Kier molecular flexibility index (Phi) is 6.45. The maximum Gasteiger partial charge on any atom is 0.259 e. The summed E-state index contributed by atoms with van der Waals surface area (Å²) in [5.41, 5.74) is 3.41. The SMILES string of the molecule is CCNC(=O)[C@H](CC)N(Cc1ccc(C)cc1)C(=O)CN1C(=O)c2cccc3cccc1c23. The number of nitrogens with zero attached hydrogens (tertiary/aromatic N) is 2. The molecule has 1 aliphatic rings. The van der Waals surface area contributed by atoms with Gasteiger partial charge in [0.2, 0.25) is 11.8 Å². The second kappa shape index (κ2) is 9.45. The lowest BCUT2D eigenvalue weighted by Crippen LogP contribution is -2.52. The molecule has 3 aromatic carbocycles. The Hall–Kier alpha value is -3.67. The van der Waals surface area contributed by atoms with Gasteiger partial charge in [-0.25, -0.2) is 0 Å². The molecule has 6 heteroatoms. The van der Waals surface area contributed by atoms with Gasteiger partial charge in [0, 0.05) is 24.0 Å². The van der Waals surface area contributed by atoms with Crippen molar-refractivity contribution in [3.05, 3.63) is 77.4 Å². The second-order valence-corrected chi connectivity index (χ2v) is 8.40. The van der Waals surface area contributed by atoms with Gasteiger partial charge in [-0.1, -0.05) is 61.0 Å². The van der Waals surface area contributed by atoms with Gasteiger partial charge in [0.15, 0.2) is 0 Å². The van der Waals surface area contributed by atoms with Crippen LogP contribution in [-0.2, 0) is 16.1 Å². The highest BCUT2D eigenvalue weighted by Gasteiger charge is 2.34. The molecule has 33 heavy (non-hydrogen) atoms. The summed E-state index contributed by atoms with van der Waals surface area (Å²) in [4.78, 5) is 42.8. The average molecular weight is 444 g/mol. The number of likely N-dealkylation sites (N-methyl/N-ethyl adjacent to an activating group) is 1. The van der Waals surface area contributed by atoms with E-state index in [1.807, 2.05) is 75.4 Å². The predicted molar refractivity (Wildman–Crippen MR) is 130 cm³/mol. The highest BCUT2D eigenvalue weighted by atomic mass is 16.2. The van der Waals surface area contributed by atoms with Crippen LogP contribution in [-0.4, -0.2) is 41.8 Å². The molecule has 0 aliphatic carbocycles. The van der Waals surface area contributed by atoms with Crippen molar-refractivity contribution < 1.29 is 14.4 Å². The van der Waals surface area contributed by atoms with E-state index in [4.69, 9.17) is 0 Å². The fraction of sp³-hybridized carbons (Fsp3) is 0.296. The molecule has 0 aromatic heterocycles. The topological polar surface area (TPSA) is 69.7 Å². The molecule has 1 heterocycles. The Morgan fingerprint density at radius 1 is 1.00 bits per heavy atom. The van der Waals surface area contributed by atoms with Crippen molar-refractivity contribution in [1.29, 1.82) is 0 Å². The minimum atomic E-state index is -0.616. The molecule has 0 unspecified atom stereocenters. The van der Waals surface area contributed by atoms with E-state index in [1.54, 1.807) is 11.0 Å². The summed E-state index contributed by atoms with van der Waals surface area (Å²) in [5, 5.41) is 4.69. The quantitative estimate of drug-likeness (QED) is 0.571. The molecule has 1 N–H and O–H groups in total. The number of amides is 3. The van der Waals surface area contributed by atoms with Gasteiger partial charge >= 0.3 is 0 Å². The van der Waals surface area contributed by atoms with Gasteiger partial charge in [-0.15, -0.1) is 0 Å². The lowest BCUT2D eigenvalue weighted by atomic mass is 10.1. The van der Waals surface area contributed by atoms with Gasteiger partial charge < -0.3 is 10.2 Å². The van der Waals surface area contributed by atoms with Crippen molar-refractivity contribution in [2.45, 2.75) is 39.8 Å². The molecule has 6 nitrogen and oxygen atoms in total. The summed E-state index contributed by atoms with van der Waals surface area (Å²) in [7, 11) is 0. The van der Waals surface area contributed by atoms with E-state index in [0.29, 0.717) is 25.1 Å². The normalized spacial score (nSPS) is 13.3. The zero-order valence-corrected chi connectivity index (χ0v) is 19.3. The van der Waals surface area contributed by atoms with Crippen LogP contribution in [0.2, 0.25) is 0 Å². The molecule has 170 valence electrons. The van der Waals surface area contributed by atoms with E-state index in [-0.39, 0.29) is 24.3 Å². The largest absolute Gasteiger partial charge is 0.355 e. The highest BCUT2D eigenvalue weighted by molar-refractivity contribution is 6.26. The maximum atomic E-state index is 13.6. The second-order valence-electron chi connectivity index (χ2n) is 8.40. The van der Waals surface area contributed by atoms with E-state index in [0.717, 1.165) is 27.6 Å². The van der Waals surface area contributed by atoms with Crippen LogP contribution < -0.4 is 10.2 Å². The van der Waals surface area contributed by atoms with Crippen molar-refractivity contribution in [1.82, 2.24) is 10.2 Å². The highest BCUT2D eigenvalue weighted by Crippen LogP contribution is 2.37. The van der Waals surface area contributed by atoms with Crippen LogP contribution >= 0.6 is 0 Å². The number of carbonyl (C=O) groups is 3. The van der Waals surface area contributed by atoms with E-state index >= 15 is 0 Å². The Bertz CT molecular complexity index is 1200. The number of hydrogen-bond donors (Lipinski definition) is 1. The first-order valence-electron chi connectivity index (χ1n) is 11.4. The third-order valence-electron chi connectivity index (χ3n) is 6.15. The average Bonchev–Trinajstić information content (AvgIpc) is 3.08. The van der Waals surface area contributed by atoms with Gasteiger partial charge in [-0.3, -0.25) is 19.3 Å². The van der Waals surface area contributed by atoms with Crippen LogP contribution in [0, 0.1) is 6.92 Å². The van der Waals surface area contributed by atoms with E-state index < -0.39 is 6.04 Å². The summed E-state index contributed by atoms with van der Waals surface area (Å²) in [5.74, 6) is -0.623. The fourth-order valence-electron chi connectivity index (χ4n) is 4.46. The predicted octanol–water partition coefficient (Wildman–Crippen LogP) is 4.05. The fourth-order valence-corrected chi connectivity index (χ4v) is 4.46. The van der Waals surface area contributed by atoms with Crippen molar-refractivity contribution in [3.8, 4) is 0 Å². The smallest absolute Gasteiger partial charge is 0.259 e. The van der Waals surface area contributed by atoms with Gasteiger partial charge in [0.05, 0.1) is 5.69 Å². The molecule has 0 saturated heterocycles. The zero-order chi connectivity index (χ0) is 23.5. The van der Waals surface area contributed by atoms with Crippen LogP contribution in [0.25, 0.3) is 10.8 Å². The van der Waals surface area contributed by atoms with E-state index in [1.165, 1.54) is 4.90 Å². The number of benzene rings is 3. The molecular formula is C27H29N3O3. The van der Waals surface area contributed by atoms with Crippen molar-refractivity contribution in [2.24, 2.45) is 0 Å². The molecule has 4 rings (SSSR count). The van der Waals surface area contributed by atoms with Crippen molar-refractivity contribution >= 4 is 34.2 Å². The molecule has 1 atom stereocenters. The molecule has 1 aliphatic heterocycles. The standard InChI is InChI=1S/C27H29N3O3/c1-4-22(26(32)28-5-2)29(16-19-14-12-18(3)13-15-19)24(31)17-30-23-11-7-9-20-8-6-10-21(25(20)23)27(30)33/h6-15,22H,4-5,16-17H2,1-3H3,(H,28,32)/t22-/m0/s1. The Balaban J connectivity index is 1.65. The lowest BCUT2D eigenvalue weighted by molar-refractivity contribution is -0.140. The van der Waals surface area contributed by atoms with Crippen LogP contribution in [0.4, 0.5) is 5.69 Å². The minimum absolute atomic E-state index is 0.117. The number of hydrogen-bond acceptors (Lipinski definition) is 3. The molecule has 0 spiro atoms. The number of rotatable bonds is 8. The van der Waals surface area contributed by atoms with Crippen LogP contribution in [0.5, 0.6) is 0 Å². The van der Waals surface area contributed by atoms with Crippen molar-refractivity contribution in [3.63, 3.8) is 0 Å². The summed E-state index contributed by atoms with van der Waals surface area (Å²) >= 11 is 0. The third-order valence-corrected chi connectivity index (χ3v) is 6.15. The molecule has 3 amide bonds. The number of anilines is 1. The van der Waals surface area contributed by atoms with E-state index in [2.05, 4.69) is 5.32 Å². The van der Waals surface area contributed by atoms with Crippen LogP contribution in [0.15, 0.2) is 60.7 Å². The van der Waals surface area contributed by atoms with Gasteiger partial charge in [-0.05, 0) is 43.4 Å². The Labute approximate surface area is 194 Å². The molecule has 0 bridgehead atoms. The summed E-state index contributed by atoms with van der Waals surface area (Å²) in [6, 6.07) is 18.7. The molecule has 0 radical (unpaired) electrons. The Morgan fingerprint density at radius 2 is 1.70 bits per heavy atom. The van der Waals surface area contributed by atoms with Crippen molar-refractivity contribution in [2.75, 3.05) is 18.0 Å². The van der Waals surface area contributed by atoms with E-state index in [9.17, 15) is 14.4 Å².